The van der Waals surface area contributed by atoms with Crippen molar-refractivity contribution in [2.75, 3.05) is 19.8 Å². The third-order valence-electron chi connectivity index (χ3n) is 2.19. The molecule has 0 bridgehead atoms. The lowest BCUT2D eigenvalue weighted by molar-refractivity contribution is -0.173. The Morgan fingerprint density at radius 3 is 2.74 bits per heavy atom. The van der Waals surface area contributed by atoms with E-state index in [9.17, 15) is 23.1 Å². The zero-order valence-corrected chi connectivity index (χ0v) is 10.3. The van der Waals surface area contributed by atoms with Gasteiger partial charge in [-0.3, -0.25) is 4.79 Å². The first-order chi connectivity index (χ1) is 8.79. The summed E-state index contributed by atoms with van der Waals surface area (Å²) in [6, 6.07) is 4.50. The van der Waals surface area contributed by atoms with Crippen molar-refractivity contribution in [1.29, 1.82) is 0 Å². The number of ether oxygens (including phenoxy) is 1. The third kappa shape index (κ3) is 5.60. The van der Waals surface area contributed by atoms with Crippen LogP contribution in [0.1, 0.15) is 15.9 Å². The average molecular weight is 277 g/mol. The molecule has 19 heavy (non-hydrogen) atoms. The largest absolute Gasteiger partial charge is 0.507 e. The maximum absolute atomic E-state index is 11.8. The Labute approximate surface area is 108 Å². The van der Waals surface area contributed by atoms with E-state index in [1.54, 1.807) is 13.0 Å². The van der Waals surface area contributed by atoms with Crippen LogP contribution in [0.25, 0.3) is 0 Å². The fraction of sp³-hybridized carbons (Fsp3) is 0.417. The highest BCUT2D eigenvalue weighted by molar-refractivity contribution is 5.96. The minimum atomic E-state index is -4.38. The molecule has 0 spiro atoms. The summed E-state index contributed by atoms with van der Waals surface area (Å²) in [7, 11) is 0. The van der Waals surface area contributed by atoms with Gasteiger partial charge in [-0.15, -0.1) is 0 Å². The van der Waals surface area contributed by atoms with Crippen LogP contribution in [0.3, 0.4) is 0 Å². The van der Waals surface area contributed by atoms with E-state index in [-0.39, 0.29) is 24.5 Å². The van der Waals surface area contributed by atoms with Crippen molar-refractivity contribution in [2.24, 2.45) is 0 Å². The van der Waals surface area contributed by atoms with Crippen LogP contribution in [0, 0.1) is 6.92 Å². The fourth-order valence-electron chi connectivity index (χ4n) is 1.35. The molecule has 1 rings (SSSR count). The van der Waals surface area contributed by atoms with E-state index in [2.05, 4.69) is 10.1 Å². The van der Waals surface area contributed by atoms with E-state index in [0.717, 1.165) is 5.56 Å². The number of phenolic OH excluding ortho intramolecular Hbond substituents is 1. The van der Waals surface area contributed by atoms with Gasteiger partial charge >= 0.3 is 6.18 Å². The summed E-state index contributed by atoms with van der Waals surface area (Å²) in [5.41, 5.74) is 0.868. The molecule has 0 aliphatic carbocycles. The number of hydrogen-bond acceptors (Lipinski definition) is 3. The number of nitrogens with one attached hydrogen (secondary N) is 1. The second-order valence-corrected chi connectivity index (χ2v) is 3.94. The molecule has 0 aromatic heterocycles. The van der Waals surface area contributed by atoms with Crippen LogP contribution < -0.4 is 5.32 Å². The molecule has 1 aromatic rings. The topological polar surface area (TPSA) is 58.6 Å². The Morgan fingerprint density at radius 2 is 2.11 bits per heavy atom. The molecule has 0 aliphatic heterocycles. The molecular formula is C12H14F3NO3. The second kappa shape index (κ2) is 6.42. The second-order valence-electron chi connectivity index (χ2n) is 3.94. The minimum Gasteiger partial charge on any atom is -0.507 e. The maximum atomic E-state index is 11.8. The zero-order chi connectivity index (χ0) is 14.5. The molecule has 106 valence electrons. The highest BCUT2D eigenvalue weighted by Crippen LogP contribution is 2.17. The van der Waals surface area contributed by atoms with E-state index in [4.69, 9.17) is 0 Å². The van der Waals surface area contributed by atoms with Gasteiger partial charge < -0.3 is 15.2 Å². The van der Waals surface area contributed by atoms with Crippen molar-refractivity contribution in [3.05, 3.63) is 29.3 Å². The number of hydrogen-bond donors (Lipinski definition) is 2. The summed E-state index contributed by atoms with van der Waals surface area (Å²) >= 11 is 0. The van der Waals surface area contributed by atoms with Crippen LogP contribution >= 0.6 is 0 Å². The van der Waals surface area contributed by atoms with Crippen LogP contribution in [0.5, 0.6) is 5.75 Å². The maximum Gasteiger partial charge on any atom is 0.411 e. The molecule has 2 N–H and O–H groups in total. The predicted molar refractivity (Wildman–Crippen MR) is 62.1 cm³/mol. The number of benzene rings is 1. The quantitative estimate of drug-likeness (QED) is 0.809. The number of rotatable bonds is 5. The van der Waals surface area contributed by atoms with E-state index < -0.39 is 18.7 Å². The lowest BCUT2D eigenvalue weighted by Crippen LogP contribution is -2.29. The van der Waals surface area contributed by atoms with Gasteiger partial charge in [0.05, 0.1) is 12.2 Å². The van der Waals surface area contributed by atoms with Gasteiger partial charge in [-0.25, -0.2) is 0 Å². The Balaban J connectivity index is 2.38. The van der Waals surface area contributed by atoms with E-state index in [1.165, 1.54) is 12.1 Å². The van der Waals surface area contributed by atoms with Gasteiger partial charge in [0.25, 0.3) is 5.91 Å². The van der Waals surface area contributed by atoms with Crippen molar-refractivity contribution < 1.29 is 27.8 Å². The Hall–Kier alpha value is -1.76. The van der Waals surface area contributed by atoms with Crippen molar-refractivity contribution in [3.8, 4) is 5.75 Å². The molecule has 4 nitrogen and oxygen atoms in total. The number of carbonyl (C=O) groups is 1. The van der Waals surface area contributed by atoms with Gasteiger partial charge in [0.1, 0.15) is 12.4 Å². The van der Waals surface area contributed by atoms with Crippen molar-refractivity contribution in [2.45, 2.75) is 13.1 Å². The summed E-state index contributed by atoms with van der Waals surface area (Å²) < 4.78 is 39.6. The first-order valence-electron chi connectivity index (χ1n) is 5.52. The molecule has 1 amide bonds. The molecule has 0 heterocycles. The fourth-order valence-corrected chi connectivity index (χ4v) is 1.35. The monoisotopic (exact) mass is 277 g/mol. The number of halogens is 3. The van der Waals surface area contributed by atoms with Gasteiger partial charge in [0, 0.05) is 6.54 Å². The molecule has 0 aliphatic rings. The predicted octanol–water partition coefficient (Wildman–Crippen LogP) is 2.01. The first kappa shape index (κ1) is 15.3. The van der Waals surface area contributed by atoms with Crippen molar-refractivity contribution in [1.82, 2.24) is 5.32 Å². The molecule has 0 fully saturated rings. The molecule has 0 saturated carbocycles. The molecule has 0 unspecified atom stereocenters. The summed E-state index contributed by atoms with van der Waals surface area (Å²) in [5.74, 6) is -0.740. The molecule has 1 aromatic carbocycles. The van der Waals surface area contributed by atoms with Crippen LogP contribution in [0.2, 0.25) is 0 Å². The summed E-state index contributed by atoms with van der Waals surface area (Å²) in [4.78, 5) is 11.6. The number of amides is 1. The normalized spacial score (nSPS) is 11.4. The zero-order valence-electron chi connectivity index (χ0n) is 10.3. The average Bonchev–Trinajstić information content (AvgIpc) is 2.30. The number of alkyl halides is 3. The first-order valence-corrected chi connectivity index (χ1v) is 5.52. The van der Waals surface area contributed by atoms with Crippen LogP contribution in [-0.4, -0.2) is 36.9 Å². The highest BCUT2D eigenvalue weighted by atomic mass is 19.4. The smallest absolute Gasteiger partial charge is 0.411 e. The lowest BCUT2D eigenvalue weighted by Gasteiger charge is -2.09. The molecular weight excluding hydrogens is 263 g/mol. The highest BCUT2D eigenvalue weighted by Gasteiger charge is 2.27. The van der Waals surface area contributed by atoms with Crippen LogP contribution in [0.15, 0.2) is 18.2 Å². The number of phenols is 1. The van der Waals surface area contributed by atoms with Gasteiger partial charge in [0.15, 0.2) is 0 Å². The summed E-state index contributed by atoms with van der Waals surface area (Å²) in [6.45, 7) is 0.0847. The van der Waals surface area contributed by atoms with E-state index >= 15 is 0 Å². The molecule has 0 atom stereocenters. The molecule has 7 heteroatoms. The standard InChI is InChI=1S/C12H14F3NO3/c1-8-2-3-10(17)9(6-8)11(18)16-4-5-19-7-12(13,14)15/h2-3,6,17H,4-5,7H2,1H3,(H,16,18). The molecule has 0 saturated heterocycles. The Bertz CT molecular complexity index is 446. The number of carbonyl (C=O) groups excluding carboxylic acids is 1. The van der Waals surface area contributed by atoms with Crippen molar-refractivity contribution in [3.63, 3.8) is 0 Å². The van der Waals surface area contributed by atoms with Crippen LogP contribution in [-0.2, 0) is 4.74 Å². The Kier molecular flexibility index (Phi) is 5.17. The van der Waals surface area contributed by atoms with E-state index in [0.29, 0.717) is 0 Å². The van der Waals surface area contributed by atoms with Crippen LogP contribution in [0.4, 0.5) is 13.2 Å². The SMILES string of the molecule is Cc1ccc(O)c(C(=O)NCCOCC(F)(F)F)c1. The third-order valence-corrected chi connectivity index (χ3v) is 2.19. The summed E-state index contributed by atoms with van der Waals surface area (Å²) in [6.07, 6.45) is -4.38. The lowest BCUT2D eigenvalue weighted by atomic mass is 10.1. The van der Waals surface area contributed by atoms with Crippen molar-refractivity contribution >= 4 is 5.91 Å². The minimum absolute atomic E-state index is 0.0672. The van der Waals surface area contributed by atoms with Gasteiger partial charge in [-0.1, -0.05) is 11.6 Å². The number of aryl methyl sites for hydroxylation is 1. The summed E-state index contributed by atoms with van der Waals surface area (Å²) in [5, 5.41) is 11.8. The Morgan fingerprint density at radius 1 is 1.42 bits per heavy atom. The molecule has 0 radical (unpaired) electrons. The van der Waals surface area contributed by atoms with Gasteiger partial charge in [0.2, 0.25) is 0 Å². The van der Waals surface area contributed by atoms with E-state index in [1.807, 2.05) is 0 Å². The number of aromatic hydroxyl groups is 1. The van der Waals surface area contributed by atoms with Gasteiger partial charge in [-0.05, 0) is 19.1 Å². The van der Waals surface area contributed by atoms with Gasteiger partial charge in [-0.2, -0.15) is 13.2 Å².